The van der Waals surface area contributed by atoms with Crippen molar-refractivity contribution in [3.63, 3.8) is 0 Å². The molecule has 0 N–H and O–H groups in total. The van der Waals surface area contributed by atoms with Crippen LogP contribution in [0.25, 0.3) is 0 Å². The average Bonchev–Trinajstić information content (AvgIpc) is 3.10. The summed E-state index contributed by atoms with van der Waals surface area (Å²) in [5.41, 5.74) is 0.0859. The van der Waals surface area contributed by atoms with Crippen LogP contribution in [-0.4, -0.2) is 38.1 Å². The van der Waals surface area contributed by atoms with Crippen molar-refractivity contribution in [2.75, 3.05) is 26.4 Å². The van der Waals surface area contributed by atoms with Crippen molar-refractivity contribution >= 4 is 0 Å². The van der Waals surface area contributed by atoms with E-state index in [4.69, 9.17) is 14.2 Å². The minimum absolute atomic E-state index is 0.0859. The van der Waals surface area contributed by atoms with E-state index >= 15 is 0 Å². The summed E-state index contributed by atoms with van der Waals surface area (Å²) in [5, 5.41) is 0. The fraction of sp³-hybridized carbons (Fsp3) is 1.00. The number of unbranched alkanes of at least 4 members (excludes halogenated alkanes) is 3. The van der Waals surface area contributed by atoms with E-state index in [1.54, 1.807) is 0 Å². The van der Waals surface area contributed by atoms with Gasteiger partial charge in [0.25, 0.3) is 0 Å². The molecule has 0 radical (unpaired) electrons. The fourth-order valence-electron chi connectivity index (χ4n) is 1.82. The van der Waals surface area contributed by atoms with Gasteiger partial charge < -0.3 is 14.2 Å². The zero-order valence-electron chi connectivity index (χ0n) is 9.67. The van der Waals surface area contributed by atoms with Crippen molar-refractivity contribution in [1.29, 1.82) is 0 Å². The molecule has 2 saturated heterocycles. The molecule has 2 rings (SSSR count). The van der Waals surface area contributed by atoms with Crippen LogP contribution in [-0.2, 0) is 14.2 Å². The van der Waals surface area contributed by atoms with Crippen LogP contribution in [0.1, 0.15) is 39.0 Å². The molecule has 0 aromatic carbocycles. The first-order valence-electron chi connectivity index (χ1n) is 6.18. The van der Waals surface area contributed by atoms with Crippen LogP contribution in [0.15, 0.2) is 0 Å². The molecular weight excluding hydrogens is 192 g/mol. The summed E-state index contributed by atoms with van der Waals surface area (Å²) in [4.78, 5) is 0. The molecule has 15 heavy (non-hydrogen) atoms. The Morgan fingerprint density at radius 3 is 2.73 bits per heavy atom. The quantitative estimate of drug-likeness (QED) is 0.435. The largest absolute Gasteiger partial charge is 0.376 e. The molecule has 0 aromatic rings. The van der Waals surface area contributed by atoms with E-state index in [0.717, 1.165) is 26.4 Å². The summed E-state index contributed by atoms with van der Waals surface area (Å²) in [7, 11) is 0. The maximum Gasteiger partial charge on any atom is 0.115 e. The second-order valence-electron chi connectivity index (χ2n) is 4.75. The summed E-state index contributed by atoms with van der Waals surface area (Å²) in [5.74, 6) is 0. The van der Waals surface area contributed by atoms with Gasteiger partial charge in [0.15, 0.2) is 0 Å². The Morgan fingerprint density at radius 2 is 2.13 bits per heavy atom. The van der Waals surface area contributed by atoms with E-state index in [1.165, 1.54) is 32.1 Å². The fourth-order valence-corrected chi connectivity index (χ4v) is 1.82. The lowest BCUT2D eigenvalue weighted by molar-refractivity contribution is 0.0638. The molecular formula is C12H22O3. The molecule has 0 aromatic heterocycles. The monoisotopic (exact) mass is 214 g/mol. The highest BCUT2D eigenvalue weighted by Crippen LogP contribution is 2.33. The molecule has 2 fully saturated rings. The zero-order valence-corrected chi connectivity index (χ0v) is 9.67. The molecule has 2 heterocycles. The van der Waals surface area contributed by atoms with Gasteiger partial charge in [0, 0.05) is 0 Å². The number of epoxide rings is 2. The van der Waals surface area contributed by atoms with Crippen LogP contribution < -0.4 is 0 Å². The van der Waals surface area contributed by atoms with Gasteiger partial charge in [-0.1, -0.05) is 32.6 Å². The van der Waals surface area contributed by atoms with E-state index in [0.29, 0.717) is 6.10 Å². The Labute approximate surface area is 92.1 Å². The molecule has 0 amide bonds. The first-order valence-corrected chi connectivity index (χ1v) is 6.18. The van der Waals surface area contributed by atoms with Gasteiger partial charge in [-0.25, -0.2) is 0 Å². The highest BCUT2D eigenvalue weighted by molar-refractivity contribution is 4.92. The third kappa shape index (κ3) is 4.09. The van der Waals surface area contributed by atoms with Gasteiger partial charge in [-0.15, -0.1) is 0 Å². The molecule has 3 heteroatoms. The van der Waals surface area contributed by atoms with Crippen molar-refractivity contribution in [2.45, 2.75) is 50.7 Å². The van der Waals surface area contributed by atoms with E-state index in [2.05, 4.69) is 6.92 Å². The Hall–Kier alpha value is -0.120. The van der Waals surface area contributed by atoms with Crippen molar-refractivity contribution in [3.8, 4) is 0 Å². The number of rotatable bonds is 9. The molecule has 88 valence electrons. The van der Waals surface area contributed by atoms with Crippen LogP contribution in [0.2, 0.25) is 0 Å². The second-order valence-corrected chi connectivity index (χ2v) is 4.75. The average molecular weight is 214 g/mol. The van der Waals surface area contributed by atoms with Crippen molar-refractivity contribution in [1.82, 2.24) is 0 Å². The minimum Gasteiger partial charge on any atom is -0.376 e. The van der Waals surface area contributed by atoms with Gasteiger partial charge >= 0.3 is 0 Å². The molecule has 2 atom stereocenters. The third-order valence-corrected chi connectivity index (χ3v) is 3.11. The van der Waals surface area contributed by atoms with E-state index in [9.17, 15) is 0 Å². The lowest BCUT2D eigenvalue weighted by Gasteiger charge is -2.11. The first-order chi connectivity index (χ1) is 7.35. The number of hydrogen-bond acceptors (Lipinski definition) is 3. The summed E-state index contributed by atoms with van der Waals surface area (Å²) < 4.78 is 16.2. The van der Waals surface area contributed by atoms with Crippen LogP contribution in [0.4, 0.5) is 0 Å². The molecule has 0 unspecified atom stereocenters. The molecule has 2 aliphatic heterocycles. The van der Waals surface area contributed by atoms with Crippen molar-refractivity contribution in [2.24, 2.45) is 0 Å². The van der Waals surface area contributed by atoms with E-state index < -0.39 is 0 Å². The second kappa shape index (κ2) is 5.28. The van der Waals surface area contributed by atoms with Gasteiger partial charge in [-0.2, -0.15) is 0 Å². The topological polar surface area (TPSA) is 34.3 Å². The predicted octanol–water partition coefficient (Wildman–Crippen LogP) is 2.14. The van der Waals surface area contributed by atoms with Crippen LogP contribution in [0.5, 0.6) is 0 Å². The van der Waals surface area contributed by atoms with Crippen molar-refractivity contribution < 1.29 is 14.2 Å². The lowest BCUT2D eigenvalue weighted by Crippen LogP contribution is -2.21. The summed E-state index contributed by atoms with van der Waals surface area (Å²) in [6.45, 7) is 5.52. The maximum absolute atomic E-state index is 5.59. The predicted molar refractivity (Wildman–Crippen MR) is 58.0 cm³/mol. The number of ether oxygens (including phenoxy) is 3. The van der Waals surface area contributed by atoms with Gasteiger partial charge in [-0.05, 0) is 6.42 Å². The number of hydrogen-bond donors (Lipinski definition) is 0. The molecule has 2 aliphatic rings. The lowest BCUT2D eigenvalue weighted by atomic mass is 10.0. The van der Waals surface area contributed by atoms with E-state index in [1.807, 2.05) is 0 Å². The first kappa shape index (κ1) is 11.4. The zero-order chi connectivity index (χ0) is 10.6. The van der Waals surface area contributed by atoms with Crippen LogP contribution in [0.3, 0.4) is 0 Å². The Balaban J connectivity index is 1.49. The van der Waals surface area contributed by atoms with Crippen LogP contribution >= 0.6 is 0 Å². The Kier molecular flexibility index (Phi) is 4.00. The summed E-state index contributed by atoms with van der Waals surface area (Å²) in [6.07, 6.45) is 6.78. The highest BCUT2D eigenvalue weighted by atomic mass is 16.6. The standard InChI is InChI=1S/C12H22O3/c1-2-3-4-5-6-12(10-15-12)9-13-7-11-8-14-11/h11H,2-10H2,1H3/t11-,12-/m1/s1. The van der Waals surface area contributed by atoms with Crippen molar-refractivity contribution in [3.05, 3.63) is 0 Å². The van der Waals surface area contributed by atoms with Gasteiger partial charge in [-0.3, -0.25) is 0 Å². The van der Waals surface area contributed by atoms with Gasteiger partial charge in [0.2, 0.25) is 0 Å². The molecule has 0 saturated carbocycles. The van der Waals surface area contributed by atoms with Gasteiger partial charge in [0.05, 0.1) is 26.4 Å². The molecule has 0 aliphatic carbocycles. The SMILES string of the molecule is CCCCCC[C@@]1(COC[C@@H]2CO2)CO1. The normalized spacial score (nSPS) is 33.0. The van der Waals surface area contributed by atoms with E-state index in [-0.39, 0.29) is 5.60 Å². The maximum atomic E-state index is 5.59. The molecule has 3 nitrogen and oxygen atoms in total. The minimum atomic E-state index is 0.0859. The smallest absolute Gasteiger partial charge is 0.115 e. The molecule has 0 bridgehead atoms. The molecule has 0 spiro atoms. The van der Waals surface area contributed by atoms with Crippen LogP contribution in [0, 0.1) is 0 Å². The third-order valence-electron chi connectivity index (χ3n) is 3.11. The Morgan fingerprint density at radius 1 is 1.33 bits per heavy atom. The summed E-state index contributed by atoms with van der Waals surface area (Å²) in [6, 6.07) is 0. The Bertz CT molecular complexity index is 185. The van der Waals surface area contributed by atoms with Gasteiger partial charge in [0.1, 0.15) is 11.7 Å². The highest BCUT2D eigenvalue weighted by Gasteiger charge is 2.44. The summed E-state index contributed by atoms with van der Waals surface area (Å²) >= 11 is 0.